The SMILES string of the molecule is Cc1ccc(NC(=O)c2cccc(OCc3cccnc3)c2)cc1S(N)(=O)=O. The molecule has 0 bridgehead atoms. The Kier molecular flexibility index (Phi) is 5.72. The number of carbonyl (C=O) groups excluding carboxylic acids is 1. The number of sulfonamides is 1. The fraction of sp³-hybridized carbons (Fsp3) is 0.100. The number of primary sulfonamides is 1. The summed E-state index contributed by atoms with van der Waals surface area (Å²) < 4.78 is 29.0. The number of nitrogens with one attached hydrogen (secondary N) is 1. The van der Waals surface area contributed by atoms with Gasteiger partial charge in [-0.15, -0.1) is 0 Å². The number of rotatable bonds is 6. The first-order chi connectivity index (χ1) is 13.3. The standard InChI is InChI=1S/C20H19N3O4S/c1-14-7-8-17(11-19(14)28(21,25)26)23-20(24)16-5-2-6-18(10-16)27-13-15-4-3-9-22-12-15/h2-12H,13H2,1H3,(H,23,24)(H2,21,25,26). The zero-order valence-corrected chi connectivity index (χ0v) is 15.9. The number of anilines is 1. The smallest absolute Gasteiger partial charge is 0.255 e. The Balaban J connectivity index is 1.73. The summed E-state index contributed by atoms with van der Waals surface area (Å²) in [6, 6.07) is 15.0. The maximum atomic E-state index is 12.5. The van der Waals surface area contributed by atoms with Gasteiger partial charge in [-0.1, -0.05) is 18.2 Å². The molecule has 0 aliphatic carbocycles. The molecule has 8 heteroatoms. The quantitative estimate of drug-likeness (QED) is 0.664. The van der Waals surface area contributed by atoms with E-state index in [-0.39, 0.29) is 4.90 Å². The van der Waals surface area contributed by atoms with Gasteiger partial charge in [0.05, 0.1) is 4.90 Å². The highest BCUT2D eigenvalue weighted by atomic mass is 32.2. The molecule has 0 radical (unpaired) electrons. The number of nitrogens with two attached hydrogens (primary N) is 1. The van der Waals surface area contributed by atoms with Crippen LogP contribution in [-0.2, 0) is 16.6 Å². The molecule has 3 rings (SSSR count). The molecule has 7 nitrogen and oxygen atoms in total. The predicted molar refractivity (Wildman–Crippen MR) is 106 cm³/mol. The average molecular weight is 397 g/mol. The van der Waals surface area contributed by atoms with Crippen molar-refractivity contribution in [3.05, 3.63) is 83.7 Å². The molecule has 0 saturated carbocycles. The molecule has 144 valence electrons. The molecule has 1 aromatic heterocycles. The van der Waals surface area contributed by atoms with Crippen LogP contribution in [0.5, 0.6) is 5.75 Å². The fourth-order valence-electron chi connectivity index (χ4n) is 2.56. The van der Waals surface area contributed by atoms with E-state index in [4.69, 9.17) is 9.88 Å². The summed E-state index contributed by atoms with van der Waals surface area (Å²) >= 11 is 0. The average Bonchev–Trinajstić information content (AvgIpc) is 2.68. The molecule has 3 N–H and O–H groups in total. The van der Waals surface area contributed by atoms with E-state index in [2.05, 4.69) is 10.3 Å². The monoisotopic (exact) mass is 397 g/mol. The lowest BCUT2D eigenvalue weighted by Crippen LogP contribution is -2.16. The second kappa shape index (κ2) is 8.20. The third-order valence-corrected chi connectivity index (χ3v) is 5.03. The van der Waals surface area contributed by atoms with Crippen LogP contribution < -0.4 is 15.2 Å². The Morgan fingerprint density at radius 1 is 1.14 bits per heavy atom. The Morgan fingerprint density at radius 2 is 1.96 bits per heavy atom. The number of aryl methyl sites for hydroxylation is 1. The third kappa shape index (κ3) is 4.93. The lowest BCUT2D eigenvalue weighted by molar-refractivity contribution is 0.102. The minimum Gasteiger partial charge on any atom is -0.489 e. The zero-order valence-electron chi connectivity index (χ0n) is 15.1. The van der Waals surface area contributed by atoms with Gasteiger partial charge in [-0.3, -0.25) is 9.78 Å². The highest BCUT2D eigenvalue weighted by Crippen LogP contribution is 2.21. The van der Waals surface area contributed by atoms with Crippen molar-refractivity contribution in [3.63, 3.8) is 0 Å². The molecular weight excluding hydrogens is 378 g/mol. The normalized spacial score (nSPS) is 11.1. The second-order valence-corrected chi connectivity index (χ2v) is 7.69. The Bertz CT molecular complexity index is 1100. The van der Waals surface area contributed by atoms with Gasteiger partial charge in [-0.05, 0) is 48.9 Å². The maximum absolute atomic E-state index is 12.5. The number of hydrogen-bond acceptors (Lipinski definition) is 5. The summed E-state index contributed by atoms with van der Waals surface area (Å²) in [5.74, 6) is 0.140. The van der Waals surface area contributed by atoms with Gasteiger partial charge in [0.2, 0.25) is 10.0 Å². The van der Waals surface area contributed by atoms with Crippen LogP contribution in [0.4, 0.5) is 5.69 Å². The Morgan fingerprint density at radius 3 is 2.68 bits per heavy atom. The van der Waals surface area contributed by atoms with Crippen LogP contribution >= 0.6 is 0 Å². The van der Waals surface area contributed by atoms with Gasteiger partial charge in [-0.25, -0.2) is 13.6 Å². The molecule has 0 saturated heterocycles. The molecule has 0 atom stereocenters. The highest BCUT2D eigenvalue weighted by Gasteiger charge is 2.14. The molecule has 0 fully saturated rings. The lowest BCUT2D eigenvalue weighted by Gasteiger charge is -2.10. The van der Waals surface area contributed by atoms with E-state index >= 15 is 0 Å². The lowest BCUT2D eigenvalue weighted by atomic mass is 10.2. The number of nitrogens with zero attached hydrogens (tertiary/aromatic N) is 1. The van der Waals surface area contributed by atoms with Crippen molar-refractivity contribution in [2.45, 2.75) is 18.4 Å². The minimum absolute atomic E-state index is 0.0288. The van der Waals surface area contributed by atoms with Gasteiger partial charge < -0.3 is 10.1 Å². The first-order valence-electron chi connectivity index (χ1n) is 8.39. The van der Waals surface area contributed by atoms with Crippen LogP contribution in [-0.4, -0.2) is 19.3 Å². The molecule has 28 heavy (non-hydrogen) atoms. The van der Waals surface area contributed by atoms with Crippen LogP contribution in [0.2, 0.25) is 0 Å². The zero-order chi connectivity index (χ0) is 20.1. The summed E-state index contributed by atoms with van der Waals surface area (Å²) in [6.45, 7) is 1.96. The van der Waals surface area contributed by atoms with Gasteiger partial charge in [-0.2, -0.15) is 0 Å². The molecular formula is C20H19N3O4S. The topological polar surface area (TPSA) is 111 Å². The maximum Gasteiger partial charge on any atom is 0.255 e. The largest absolute Gasteiger partial charge is 0.489 e. The van der Waals surface area contributed by atoms with E-state index in [0.29, 0.717) is 29.2 Å². The first-order valence-corrected chi connectivity index (χ1v) is 9.94. The van der Waals surface area contributed by atoms with Crippen molar-refractivity contribution >= 4 is 21.6 Å². The third-order valence-electron chi connectivity index (χ3n) is 3.98. The van der Waals surface area contributed by atoms with E-state index in [1.807, 2.05) is 12.1 Å². The van der Waals surface area contributed by atoms with E-state index in [1.54, 1.807) is 55.7 Å². The van der Waals surface area contributed by atoms with Crippen molar-refractivity contribution in [2.24, 2.45) is 5.14 Å². The number of hydrogen-bond donors (Lipinski definition) is 2. The highest BCUT2D eigenvalue weighted by molar-refractivity contribution is 7.89. The molecule has 0 spiro atoms. The van der Waals surface area contributed by atoms with Crippen LogP contribution in [0.1, 0.15) is 21.5 Å². The van der Waals surface area contributed by atoms with Gasteiger partial charge in [0.1, 0.15) is 12.4 Å². The number of benzene rings is 2. The number of pyridine rings is 1. The summed E-state index contributed by atoms with van der Waals surface area (Å²) in [7, 11) is -3.87. The van der Waals surface area contributed by atoms with E-state index in [1.165, 1.54) is 6.07 Å². The molecule has 0 unspecified atom stereocenters. The molecule has 3 aromatic rings. The summed E-state index contributed by atoms with van der Waals surface area (Å²) in [4.78, 5) is 16.5. The van der Waals surface area contributed by atoms with Crippen LogP contribution in [0, 0.1) is 6.92 Å². The Labute approximate surface area is 163 Å². The van der Waals surface area contributed by atoms with Crippen LogP contribution in [0.15, 0.2) is 71.9 Å². The van der Waals surface area contributed by atoms with Crippen molar-refractivity contribution < 1.29 is 17.9 Å². The van der Waals surface area contributed by atoms with Crippen molar-refractivity contribution in [3.8, 4) is 5.75 Å². The second-order valence-electron chi connectivity index (χ2n) is 6.16. The molecule has 0 aliphatic rings. The van der Waals surface area contributed by atoms with E-state index in [0.717, 1.165) is 5.56 Å². The first kappa shape index (κ1) is 19.5. The molecule has 0 aliphatic heterocycles. The van der Waals surface area contributed by atoms with E-state index < -0.39 is 15.9 Å². The van der Waals surface area contributed by atoms with Gasteiger partial charge >= 0.3 is 0 Å². The molecule has 1 amide bonds. The van der Waals surface area contributed by atoms with E-state index in [9.17, 15) is 13.2 Å². The predicted octanol–water partition coefficient (Wildman–Crippen LogP) is 2.87. The number of aromatic nitrogens is 1. The Hall–Kier alpha value is -3.23. The number of ether oxygens (including phenoxy) is 1. The van der Waals surface area contributed by atoms with Gasteiger partial charge in [0.15, 0.2) is 0 Å². The summed E-state index contributed by atoms with van der Waals surface area (Å²) in [6.07, 6.45) is 3.39. The van der Waals surface area contributed by atoms with Crippen molar-refractivity contribution in [1.29, 1.82) is 0 Å². The van der Waals surface area contributed by atoms with Gasteiger partial charge in [0.25, 0.3) is 5.91 Å². The molecule has 1 heterocycles. The number of amides is 1. The molecule has 2 aromatic carbocycles. The van der Waals surface area contributed by atoms with Gasteiger partial charge in [0, 0.05) is 29.2 Å². The number of carbonyl (C=O) groups is 1. The van der Waals surface area contributed by atoms with Crippen LogP contribution in [0.3, 0.4) is 0 Å². The van der Waals surface area contributed by atoms with Crippen molar-refractivity contribution in [1.82, 2.24) is 4.98 Å². The minimum atomic E-state index is -3.87. The fourth-order valence-corrected chi connectivity index (χ4v) is 3.37. The summed E-state index contributed by atoms with van der Waals surface area (Å²) in [5, 5.41) is 7.88. The van der Waals surface area contributed by atoms with Crippen LogP contribution in [0.25, 0.3) is 0 Å². The van der Waals surface area contributed by atoms with Crippen molar-refractivity contribution in [2.75, 3.05) is 5.32 Å². The summed E-state index contributed by atoms with van der Waals surface area (Å²) in [5.41, 5.74) is 2.13.